The van der Waals surface area contributed by atoms with E-state index in [4.69, 9.17) is 15.5 Å². The Kier molecular flexibility index (Phi) is 5.73. The van der Waals surface area contributed by atoms with E-state index in [1.165, 1.54) is 5.69 Å². The van der Waals surface area contributed by atoms with E-state index < -0.39 is 0 Å². The van der Waals surface area contributed by atoms with Crippen LogP contribution in [0.1, 0.15) is 18.7 Å². The molecular formula is C21H25N5OS. The van der Waals surface area contributed by atoms with Crippen molar-refractivity contribution in [3.05, 3.63) is 46.9 Å². The van der Waals surface area contributed by atoms with Gasteiger partial charge in [0.05, 0.1) is 17.6 Å². The first kappa shape index (κ1) is 18.7. The molecular weight excluding hydrogens is 370 g/mol. The maximum absolute atomic E-state index is 6.24. The van der Waals surface area contributed by atoms with E-state index in [1.807, 2.05) is 18.2 Å². The fourth-order valence-electron chi connectivity index (χ4n) is 3.52. The first-order valence-corrected chi connectivity index (χ1v) is 10.5. The van der Waals surface area contributed by atoms with Crippen molar-refractivity contribution in [2.45, 2.75) is 25.8 Å². The summed E-state index contributed by atoms with van der Waals surface area (Å²) in [6.07, 6.45) is 2.89. The van der Waals surface area contributed by atoms with Crippen molar-refractivity contribution in [1.82, 2.24) is 14.5 Å². The number of fused-ring (bicyclic) bond motifs is 3. The molecule has 1 aromatic carbocycles. The first-order valence-electron chi connectivity index (χ1n) is 9.56. The van der Waals surface area contributed by atoms with E-state index in [1.54, 1.807) is 18.4 Å². The van der Waals surface area contributed by atoms with Crippen LogP contribution in [-0.4, -0.2) is 34.8 Å². The number of nitrogens with two attached hydrogens (primary N) is 1. The topological polar surface area (TPSA) is 78.0 Å². The number of pyridine rings is 1. The van der Waals surface area contributed by atoms with Crippen LogP contribution in [-0.2, 0) is 17.7 Å². The molecule has 0 bridgehead atoms. The summed E-state index contributed by atoms with van der Waals surface area (Å²) in [4.78, 5) is 9.36. The van der Waals surface area contributed by atoms with Crippen LogP contribution in [0.3, 0.4) is 0 Å². The van der Waals surface area contributed by atoms with Crippen LogP contribution in [0.25, 0.3) is 21.9 Å². The molecule has 3 heterocycles. The quantitative estimate of drug-likeness (QED) is 0.413. The lowest BCUT2D eigenvalue weighted by molar-refractivity contribution is 0.199. The minimum Gasteiger partial charge on any atom is -0.384 e. The molecule has 0 saturated carbocycles. The SMILES string of the molecule is COCCc1nc2c(N)nc3ccccc3c2n1CCCCNc1ccsc1. The fourth-order valence-corrected chi connectivity index (χ4v) is 4.13. The number of ether oxygens (including phenoxy) is 1. The Hall–Kier alpha value is -2.64. The number of para-hydroxylation sites is 1. The van der Waals surface area contributed by atoms with Crippen LogP contribution in [0.15, 0.2) is 41.1 Å². The predicted octanol–water partition coefficient (Wildman–Crippen LogP) is 4.31. The number of rotatable bonds is 9. The molecule has 3 N–H and O–H groups in total. The normalized spacial score (nSPS) is 11.5. The van der Waals surface area contributed by atoms with Gasteiger partial charge in [-0.15, -0.1) is 0 Å². The summed E-state index contributed by atoms with van der Waals surface area (Å²) in [5.41, 5.74) is 10.2. The highest BCUT2D eigenvalue weighted by Crippen LogP contribution is 2.29. The molecule has 0 aliphatic carbocycles. The number of unbranched alkanes of at least 4 members (excludes halogenated alkanes) is 1. The first-order chi connectivity index (χ1) is 13.8. The number of anilines is 2. The number of aromatic nitrogens is 3. The van der Waals surface area contributed by atoms with E-state index in [9.17, 15) is 0 Å². The number of hydrogen-bond acceptors (Lipinski definition) is 6. The third kappa shape index (κ3) is 3.81. The van der Waals surface area contributed by atoms with E-state index in [2.05, 4.69) is 37.8 Å². The van der Waals surface area contributed by atoms with Gasteiger partial charge in [0.25, 0.3) is 0 Å². The molecule has 4 rings (SSSR count). The van der Waals surface area contributed by atoms with Crippen LogP contribution in [0.4, 0.5) is 11.5 Å². The Balaban J connectivity index is 1.60. The number of nitrogens with one attached hydrogen (secondary N) is 1. The number of hydrogen-bond donors (Lipinski definition) is 2. The van der Waals surface area contributed by atoms with Gasteiger partial charge in [-0.05, 0) is 30.4 Å². The smallest absolute Gasteiger partial charge is 0.152 e. The highest BCUT2D eigenvalue weighted by molar-refractivity contribution is 7.08. The Morgan fingerprint density at radius 1 is 1.18 bits per heavy atom. The van der Waals surface area contributed by atoms with Gasteiger partial charge in [0.15, 0.2) is 5.82 Å². The Morgan fingerprint density at radius 3 is 2.89 bits per heavy atom. The van der Waals surface area contributed by atoms with Crippen molar-refractivity contribution < 1.29 is 4.74 Å². The average molecular weight is 396 g/mol. The minimum atomic E-state index is 0.491. The van der Waals surface area contributed by atoms with Crippen molar-refractivity contribution in [3.63, 3.8) is 0 Å². The summed E-state index contributed by atoms with van der Waals surface area (Å²) < 4.78 is 7.59. The van der Waals surface area contributed by atoms with Crippen LogP contribution >= 0.6 is 11.3 Å². The second-order valence-corrected chi connectivity index (χ2v) is 7.56. The minimum absolute atomic E-state index is 0.491. The van der Waals surface area contributed by atoms with Gasteiger partial charge in [-0.2, -0.15) is 11.3 Å². The molecule has 0 aliphatic heterocycles. The lowest BCUT2D eigenvalue weighted by atomic mass is 10.2. The summed E-state index contributed by atoms with van der Waals surface area (Å²) in [5.74, 6) is 1.50. The van der Waals surface area contributed by atoms with E-state index >= 15 is 0 Å². The van der Waals surface area contributed by atoms with Gasteiger partial charge in [0.1, 0.15) is 11.3 Å². The number of aryl methyl sites for hydroxylation is 1. The molecule has 3 aromatic heterocycles. The maximum atomic E-state index is 6.24. The molecule has 0 fully saturated rings. The summed E-state index contributed by atoms with van der Waals surface area (Å²) in [6, 6.07) is 10.2. The van der Waals surface area contributed by atoms with E-state index in [-0.39, 0.29) is 0 Å². The molecule has 7 heteroatoms. The molecule has 0 atom stereocenters. The van der Waals surface area contributed by atoms with Gasteiger partial charge < -0.3 is 20.4 Å². The lowest BCUT2D eigenvalue weighted by Crippen LogP contribution is -2.09. The van der Waals surface area contributed by atoms with Gasteiger partial charge >= 0.3 is 0 Å². The Labute approximate surface area is 168 Å². The highest BCUT2D eigenvalue weighted by atomic mass is 32.1. The zero-order valence-electron chi connectivity index (χ0n) is 16.0. The monoisotopic (exact) mass is 395 g/mol. The van der Waals surface area contributed by atoms with Gasteiger partial charge in [0, 0.05) is 43.1 Å². The second-order valence-electron chi connectivity index (χ2n) is 6.78. The largest absolute Gasteiger partial charge is 0.384 e. The summed E-state index contributed by atoms with van der Waals surface area (Å²) in [7, 11) is 1.72. The standard InChI is InChI=1S/C21H25N5OS/c1-27-12-8-18-25-19-20(16-6-2-3-7-17(16)24-21(19)22)26(18)11-5-4-10-23-15-9-13-28-14-15/h2-3,6-7,9,13-14,23H,4-5,8,10-12H2,1H3,(H2,22,24). The second kappa shape index (κ2) is 8.58. The van der Waals surface area contributed by atoms with Gasteiger partial charge in [-0.1, -0.05) is 18.2 Å². The van der Waals surface area contributed by atoms with Crippen molar-refractivity contribution in [1.29, 1.82) is 0 Å². The zero-order chi connectivity index (χ0) is 19.3. The molecule has 0 radical (unpaired) electrons. The maximum Gasteiger partial charge on any atom is 0.152 e. The summed E-state index contributed by atoms with van der Waals surface area (Å²) >= 11 is 1.71. The van der Waals surface area contributed by atoms with Crippen LogP contribution in [0.5, 0.6) is 0 Å². The predicted molar refractivity (Wildman–Crippen MR) is 117 cm³/mol. The molecule has 28 heavy (non-hydrogen) atoms. The fraction of sp³-hybridized carbons (Fsp3) is 0.333. The molecule has 4 aromatic rings. The van der Waals surface area contributed by atoms with Crippen LogP contribution < -0.4 is 11.1 Å². The van der Waals surface area contributed by atoms with Crippen LogP contribution in [0, 0.1) is 0 Å². The molecule has 0 unspecified atom stereocenters. The van der Waals surface area contributed by atoms with Gasteiger partial charge in [0.2, 0.25) is 0 Å². The number of benzene rings is 1. The van der Waals surface area contributed by atoms with Crippen molar-refractivity contribution in [3.8, 4) is 0 Å². The average Bonchev–Trinajstić information content (AvgIpc) is 3.35. The zero-order valence-corrected chi connectivity index (χ0v) is 16.8. The number of methoxy groups -OCH3 is 1. The van der Waals surface area contributed by atoms with Crippen molar-refractivity contribution in [2.24, 2.45) is 0 Å². The van der Waals surface area contributed by atoms with E-state index in [0.29, 0.717) is 12.4 Å². The van der Waals surface area contributed by atoms with Gasteiger partial charge in [-0.25, -0.2) is 9.97 Å². The van der Waals surface area contributed by atoms with E-state index in [0.717, 1.165) is 60.1 Å². The summed E-state index contributed by atoms with van der Waals surface area (Å²) in [5, 5.41) is 8.78. The molecule has 0 spiro atoms. The van der Waals surface area contributed by atoms with Gasteiger partial charge in [-0.3, -0.25) is 0 Å². The highest BCUT2D eigenvalue weighted by Gasteiger charge is 2.16. The molecule has 0 saturated heterocycles. The lowest BCUT2D eigenvalue weighted by Gasteiger charge is -2.11. The van der Waals surface area contributed by atoms with Crippen molar-refractivity contribution in [2.75, 3.05) is 31.3 Å². The Morgan fingerprint density at radius 2 is 2.07 bits per heavy atom. The molecule has 0 amide bonds. The van der Waals surface area contributed by atoms with Crippen LogP contribution in [0.2, 0.25) is 0 Å². The number of nitrogen functional groups attached to an aromatic ring is 1. The molecule has 146 valence electrons. The summed E-state index contributed by atoms with van der Waals surface area (Å²) in [6.45, 7) is 2.49. The molecule has 0 aliphatic rings. The Bertz CT molecular complexity index is 1060. The third-order valence-corrected chi connectivity index (χ3v) is 5.56. The number of imidazole rings is 1. The third-order valence-electron chi connectivity index (χ3n) is 4.88. The van der Waals surface area contributed by atoms with Crippen molar-refractivity contribution >= 4 is 44.8 Å². The number of thiophene rings is 1. The number of nitrogens with zero attached hydrogens (tertiary/aromatic N) is 3. The molecule has 6 nitrogen and oxygen atoms in total.